The standard InChI is InChI=1S/C8H10.C5H6.C5H10/c1-2-8-6-4-3-5-7-8;1-2-4-5-3-1;1-3-5-4-2/h3-7H,2H2,1H3;1-4H,5H2;3,5H,4H2,1-2H3/b;;5-3-. The zero-order valence-corrected chi connectivity index (χ0v) is 12.0. The van der Waals surface area contributed by atoms with Crippen molar-refractivity contribution in [2.75, 3.05) is 0 Å². The smallest absolute Gasteiger partial charge is 0.0163 e. The van der Waals surface area contributed by atoms with E-state index in [0.717, 1.165) is 19.3 Å². The minimum absolute atomic E-state index is 1.14. The number of allylic oxidation sites excluding steroid dienone is 6. The highest BCUT2D eigenvalue weighted by Gasteiger charge is 1.79. The molecule has 0 bridgehead atoms. The van der Waals surface area contributed by atoms with Crippen LogP contribution in [0.25, 0.3) is 0 Å². The fourth-order valence-electron chi connectivity index (χ4n) is 1.34. The van der Waals surface area contributed by atoms with E-state index in [-0.39, 0.29) is 0 Å². The van der Waals surface area contributed by atoms with Gasteiger partial charge in [-0.2, -0.15) is 0 Å². The van der Waals surface area contributed by atoms with Gasteiger partial charge in [0.25, 0.3) is 0 Å². The van der Waals surface area contributed by atoms with Gasteiger partial charge in [-0.05, 0) is 31.7 Å². The molecule has 0 unspecified atom stereocenters. The van der Waals surface area contributed by atoms with Crippen LogP contribution < -0.4 is 0 Å². The molecule has 1 aliphatic rings. The lowest BCUT2D eigenvalue weighted by Gasteiger charge is -1.89. The third-order valence-electron chi connectivity index (χ3n) is 2.38. The van der Waals surface area contributed by atoms with Crippen LogP contribution in [0.5, 0.6) is 0 Å². The van der Waals surface area contributed by atoms with Crippen LogP contribution in [-0.4, -0.2) is 0 Å². The summed E-state index contributed by atoms with van der Waals surface area (Å²) >= 11 is 0. The topological polar surface area (TPSA) is 0 Å². The summed E-state index contributed by atoms with van der Waals surface area (Å²) < 4.78 is 0. The van der Waals surface area contributed by atoms with Crippen molar-refractivity contribution < 1.29 is 0 Å². The lowest BCUT2D eigenvalue weighted by atomic mass is 10.2. The zero-order valence-electron chi connectivity index (χ0n) is 12.0. The fraction of sp³-hybridized carbons (Fsp3) is 0.333. The predicted molar refractivity (Wildman–Crippen MR) is 83.8 cm³/mol. The van der Waals surface area contributed by atoms with Crippen LogP contribution in [0, 0.1) is 0 Å². The molecule has 0 heteroatoms. The van der Waals surface area contributed by atoms with Gasteiger partial charge in [-0.15, -0.1) is 0 Å². The van der Waals surface area contributed by atoms with Crippen LogP contribution in [0.3, 0.4) is 0 Å². The number of hydrogen-bond acceptors (Lipinski definition) is 0. The largest absolute Gasteiger partial charge is 0.0917 e. The molecule has 1 aliphatic carbocycles. The summed E-state index contributed by atoms with van der Waals surface area (Å²) in [5.74, 6) is 0. The molecule has 0 saturated heterocycles. The Morgan fingerprint density at radius 1 is 1.00 bits per heavy atom. The number of hydrogen-bond donors (Lipinski definition) is 0. The second kappa shape index (κ2) is 13.5. The maximum atomic E-state index is 2.16. The van der Waals surface area contributed by atoms with Gasteiger partial charge in [-0.3, -0.25) is 0 Å². The molecule has 98 valence electrons. The Morgan fingerprint density at radius 2 is 1.61 bits per heavy atom. The van der Waals surface area contributed by atoms with Gasteiger partial charge in [-0.25, -0.2) is 0 Å². The molecule has 0 amide bonds. The quantitative estimate of drug-likeness (QED) is 0.581. The SMILES string of the molecule is C/C=C\CC.C1=CCC=C1.CCc1ccccc1. The van der Waals surface area contributed by atoms with Gasteiger partial charge in [0.1, 0.15) is 0 Å². The molecule has 0 radical (unpaired) electrons. The Kier molecular flexibility index (Phi) is 12.3. The number of benzene rings is 1. The molecule has 0 nitrogen and oxygen atoms in total. The lowest BCUT2D eigenvalue weighted by molar-refractivity contribution is 1.14. The van der Waals surface area contributed by atoms with Gasteiger partial charge in [0.2, 0.25) is 0 Å². The van der Waals surface area contributed by atoms with Crippen molar-refractivity contribution >= 4 is 0 Å². The van der Waals surface area contributed by atoms with Crippen molar-refractivity contribution in [1.29, 1.82) is 0 Å². The van der Waals surface area contributed by atoms with E-state index < -0.39 is 0 Å². The summed E-state index contributed by atoms with van der Waals surface area (Å²) in [6.45, 7) is 6.32. The van der Waals surface area contributed by atoms with Gasteiger partial charge in [0, 0.05) is 0 Å². The molecule has 0 aromatic heterocycles. The number of rotatable bonds is 2. The van der Waals surface area contributed by atoms with E-state index in [0.29, 0.717) is 0 Å². The van der Waals surface area contributed by atoms with E-state index >= 15 is 0 Å². The summed E-state index contributed by atoms with van der Waals surface area (Å²) in [6.07, 6.45) is 16.0. The molecule has 2 rings (SSSR count). The zero-order chi connectivity index (χ0) is 13.5. The predicted octanol–water partition coefficient (Wildman–Crippen LogP) is 5.72. The third kappa shape index (κ3) is 10.9. The van der Waals surface area contributed by atoms with Crippen LogP contribution in [0.2, 0.25) is 0 Å². The maximum Gasteiger partial charge on any atom is -0.0163 e. The van der Waals surface area contributed by atoms with Gasteiger partial charge in [0.15, 0.2) is 0 Å². The maximum absolute atomic E-state index is 2.16. The fourth-order valence-corrected chi connectivity index (χ4v) is 1.34. The highest BCUT2D eigenvalue weighted by atomic mass is 13.9. The van der Waals surface area contributed by atoms with Crippen LogP contribution in [-0.2, 0) is 6.42 Å². The molecule has 1 aromatic rings. The third-order valence-corrected chi connectivity index (χ3v) is 2.38. The summed E-state index contributed by atoms with van der Waals surface area (Å²) in [5.41, 5.74) is 1.41. The molecule has 1 aromatic carbocycles. The van der Waals surface area contributed by atoms with Gasteiger partial charge >= 0.3 is 0 Å². The molecule has 0 N–H and O–H groups in total. The van der Waals surface area contributed by atoms with Crippen molar-refractivity contribution in [2.45, 2.75) is 40.0 Å². The Hall–Kier alpha value is -1.56. The molecular weight excluding hydrogens is 216 g/mol. The van der Waals surface area contributed by atoms with Gasteiger partial charge < -0.3 is 0 Å². The van der Waals surface area contributed by atoms with E-state index in [4.69, 9.17) is 0 Å². The van der Waals surface area contributed by atoms with E-state index in [1.165, 1.54) is 5.56 Å². The van der Waals surface area contributed by atoms with Crippen LogP contribution in [0.1, 0.15) is 39.2 Å². The van der Waals surface area contributed by atoms with Gasteiger partial charge in [-0.1, -0.05) is 80.6 Å². The first-order valence-corrected chi connectivity index (χ1v) is 6.81. The molecular formula is C18H26. The molecule has 0 spiro atoms. The molecule has 0 heterocycles. The summed E-state index contributed by atoms with van der Waals surface area (Å²) in [7, 11) is 0. The Labute approximate surface area is 113 Å². The van der Waals surface area contributed by atoms with Crippen molar-refractivity contribution in [1.82, 2.24) is 0 Å². The first-order chi connectivity index (χ1) is 8.85. The van der Waals surface area contributed by atoms with Crippen LogP contribution in [0.4, 0.5) is 0 Å². The van der Waals surface area contributed by atoms with Crippen molar-refractivity contribution in [3.63, 3.8) is 0 Å². The van der Waals surface area contributed by atoms with Crippen molar-refractivity contribution in [2.24, 2.45) is 0 Å². The minimum Gasteiger partial charge on any atom is -0.0917 e. The minimum atomic E-state index is 1.14. The highest BCUT2D eigenvalue weighted by molar-refractivity contribution is 5.13. The van der Waals surface area contributed by atoms with E-state index in [1.807, 2.05) is 13.0 Å². The summed E-state index contributed by atoms with van der Waals surface area (Å²) in [6, 6.07) is 10.5. The molecule has 0 aliphatic heterocycles. The average Bonchev–Trinajstić information content (AvgIpc) is 3.00. The Morgan fingerprint density at radius 3 is 1.83 bits per heavy atom. The van der Waals surface area contributed by atoms with Gasteiger partial charge in [0.05, 0.1) is 0 Å². The first kappa shape index (κ1) is 16.4. The van der Waals surface area contributed by atoms with Crippen LogP contribution in [0.15, 0.2) is 66.8 Å². The second-order valence-electron chi connectivity index (χ2n) is 3.91. The Balaban J connectivity index is 0.000000254. The average molecular weight is 242 g/mol. The van der Waals surface area contributed by atoms with Crippen molar-refractivity contribution in [3.05, 3.63) is 72.4 Å². The number of aryl methyl sites for hydroxylation is 1. The monoisotopic (exact) mass is 242 g/mol. The second-order valence-corrected chi connectivity index (χ2v) is 3.91. The summed E-state index contributed by atoms with van der Waals surface area (Å²) in [5, 5.41) is 0. The molecule has 18 heavy (non-hydrogen) atoms. The van der Waals surface area contributed by atoms with E-state index in [2.05, 4.69) is 74.6 Å². The van der Waals surface area contributed by atoms with Crippen molar-refractivity contribution in [3.8, 4) is 0 Å². The van der Waals surface area contributed by atoms with Crippen LogP contribution >= 0.6 is 0 Å². The summed E-state index contributed by atoms with van der Waals surface area (Å²) in [4.78, 5) is 0. The van der Waals surface area contributed by atoms with E-state index in [9.17, 15) is 0 Å². The van der Waals surface area contributed by atoms with E-state index in [1.54, 1.807) is 0 Å². The first-order valence-electron chi connectivity index (χ1n) is 6.81. The highest BCUT2D eigenvalue weighted by Crippen LogP contribution is 1.96. The normalized spacial score (nSPS) is 11.7. The lowest BCUT2D eigenvalue weighted by Crippen LogP contribution is -1.73. The molecule has 0 atom stereocenters. The Bertz CT molecular complexity index is 332. The molecule has 0 saturated carbocycles. The molecule has 0 fully saturated rings.